The van der Waals surface area contributed by atoms with E-state index in [0.717, 1.165) is 34.5 Å². The van der Waals surface area contributed by atoms with E-state index in [9.17, 15) is 0 Å². The lowest BCUT2D eigenvalue weighted by Crippen LogP contribution is -2.40. The Bertz CT molecular complexity index is 677. The van der Waals surface area contributed by atoms with Gasteiger partial charge in [-0.05, 0) is 32.4 Å². The second-order valence-electron chi connectivity index (χ2n) is 5.69. The van der Waals surface area contributed by atoms with Crippen LogP contribution in [-0.2, 0) is 6.54 Å². The SMILES string of the molecule is CN=C(NCc1nc(C)c(C)s1)N(C)CCOc1ccccc1C. The molecule has 1 heterocycles. The summed E-state index contributed by atoms with van der Waals surface area (Å²) in [4.78, 5) is 12.2. The minimum absolute atomic E-state index is 0.609. The molecule has 2 aromatic rings. The van der Waals surface area contributed by atoms with E-state index in [2.05, 4.69) is 40.1 Å². The van der Waals surface area contributed by atoms with Gasteiger partial charge in [0.1, 0.15) is 17.4 Å². The van der Waals surface area contributed by atoms with Crippen LogP contribution in [0.4, 0.5) is 0 Å². The highest BCUT2D eigenvalue weighted by atomic mass is 32.1. The molecule has 0 unspecified atom stereocenters. The monoisotopic (exact) mass is 346 g/mol. The quantitative estimate of drug-likeness (QED) is 0.645. The van der Waals surface area contributed by atoms with Crippen molar-refractivity contribution < 1.29 is 4.74 Å². The zero-order chi connectivity index (χ0) is 17.5. The normalized spacial score (nSPS) is 11.5. The molecule has 0 bridgehead atoms. The maximum atomic E-state index is 5.85. The van der Waals surface area contributed by atoms with E-state index in [1.54, 1.807) is 18.4 Å². The van der Waals surface area contributed by atoms with E-state index >= 15 is 0 Å². The van der Waals surface area contributed by atoms with E-state index in [1.807, 2.05) is 32.2 Å². The average molecular weight is 347 g/mol. The summed E-state index contributed by atoms with van der Waals surface area (Å²) in [5, 5.41) is 4.43. The van der Waals surface area contributed by atoms with Gasteiger partial charge in [-0.2, -0.15) is 0 Å². The van der Waals surface area contributed by atoms with Crippen molar-refractivity contribution in [1.82, 2.24) is 15.2 Å². The van der Waals surface area contributed by atoms with Gasteiger partial charge in [-0.1, -0.05) is 18.2 Å². The Morgan fingerprint density at radius 1 is 1.29 bits per heavy atom. The van der Waals surface area contributed by atoms with Crippen molar-refractivity contribution in [3.8, 4) is 5.75 Å². The molecule has 0 aliphatic rings. The molecule has 130 valence electrons. The van der Waals surface area contributed by atoms with E-state index in [0.29, 0.717) is 13.2 Å². The summed E-state index contributed by atoms with van der Waals surface area (Å²) in [5.74, 6) is 1.77. The number of ether oxygens (including phenoxy) is 1. The molecule has 0 aliphatic carbocycles. The molecule has 0 radical (unpaired) electrons. The number of nitrogens with zero attached hydrogens (tertiary/aromatic N) is 3. The highest BCUT2D eigenvalue weighted by molar-refractivity contribution is 7.11. The smallest absolute Gasteiger partial charge is 0.193 e. The fraction of sp³-hybridized carbons (Fsp3) is 0.444. The molecule has 0 fully saturated rings. The van der Waals surface area contributed by atoms with Crippen LogP contribution < -0.4 is 10.1 Å². The number of benzene rings is 1. The van der Waals surface area contributed by atoms with Crippen molar-refractivity contribution in [3.63, 3.8) is 0 Å². The van der Waals surface area contributed by atoms with Crippen LogP contribution in [0.1, 0.15) is 21.1 Å². The number of aliphatic imine (C=N–C) groups is 1. The van der Waals surface area contributed by atoms with Gasteiger partial charge >= 0.3 is 0 Å². The third-order valence-corrected chi connectivity index (χ3v) is 4.89. The number of hydrogen-bond acceptors (Lipinski definition) is 4. The molecular formula is C18H26N4OS. The van der Waals surface area contributed by atoms with Crippen molar-refractivity contribution >= 4 is 17.3 Å². The summed E-state index contributed by atoms with van der Waals surface area (Å²) in [6, 6.07) is 8.06. The lowest BCUT2D eigenvalue weighted by atomic mass is 10.2. The molecule has 0 saturated heterocycles. The van der Waals surface area contributed by atoms with E-state index in [4.69, 9.17) is 4.74 Å². The molecule has 0 spiro atoms. The number of para-hydroxylation sites is 1. The van der Waals surface area contributed by atoms with Crippen LogP contribution in [0, 0.1) is 20.8 Å². The van der Waals surface area contributed by atoms with E-state index < -0.39 is 0 Å². The van der Waals surface area contributed by atoms with Gasteiger partial charge in [0, 0.05) is 19.0 Å². The first-order valence-corrected chi connectivity index (χ1v) is 8.86. The molecule has 6 heteroatoms. The van der Waals surface area contributed by atoms with Gasteiger partial charge in [0.15, 0.2) is 5.96 Å². The zero-order valence-corrected chi connectivity index (χ0v) is 15.9. The molecule has 0 saturated carbocycles. The molecule has 0 aliphatic heterocycles. The standard InChI is InChI=1S/C18H26N4OS/c1-13-8-6-7-9-16(13)23-11-10-22(5)18(19-4)20-12-17-21-14(2)15(3)24-17/h6-9H,10-12H2,1-5H3,(H,19,20). The van der Waals surface area contributed by atoms with Gasteiger partial charge in [-0.3, -0.25) is 4.99 Å². The first-order valence-electron chi connectivity index (χ1n) is 8.04. The number of aryl methyl sites for hydroxylation is 3. The maximum Gasteiger partial charge on any atom is 0.193 e. The topological polar surface area (TPSA) is 49.8 Å². The molecule has 0 amide bonds. The van der Waals surface area contributed by atoms with Gasteiger partial charge < -0.3 is 15.0 Å². The minimum atomic E-state index is 0.609. The highest BCUT2D eigenvalue weighted by Gasteiger charge is 2.09. The summed E-state index contributed by atoms with van der Waals surface area (Å²) in [5.41, 5.74) is 2.25. The second-order valence-corrected chi connectivity index (χ2v) is 6.97. The zero-order valence-electron chi connectivity index (χ0n) is 15.1. The Balaban J connectivity index is 1.81. The maximum absolute atomic E-state index is 5.85. The molecule has 1 N–H and O–H groups in total. The van der Waals surface area contributed by atoms with Crippen molar-refractivity contribution in [1.29, 1.82) is 0 Å². The number of hydrogen-bond donors (Lipinski definition) is 1. The Kier molecular flexibility index (Phi) is 6.61. The molecule has 2 rings (SSSR count). The first-order chi connectivity index (χ1) is 11.5. The van der Waals surface area contributed by atoms with Crippen molar-refractivity contribution in [2.75, 3.05) is 27.2 Å². The van der Waals surface area contributed by atoms with Crippen LogP contribution in [-0.4, -0.2) is 43.1 Å². The number of rotatable bonds is 6. The first kappa shape index (κ1) is 18.3. The minimum Gasteiger partial charge on any atom is -0.491 e. The fourth-order valence-corrected chi connectivity index (χ4v) is 3.14. The summed E-state index contributed by atoms with van der Waals surface area (Å²) < 4.78 is 5.85. The predicted octanol–water partition coefficient (Wildman–Crippen LogP) is 3.15. The molecule has 5 nitrogen and oxygen atoms in total. The second kappa shape index (κ2) is 8.68. The molecule has 0 atom stereocenters. The van der Waals surface area contributed by atoms with Crippen LogP contribution in [0.15, 0.2) is 29.3 Å². The average Bonchev–Trinajstić information content (AvgIpc) is 2.88. The van der Waals surface area contributed by atoms with E-state index in [-0.39, 0.29) is 0 Å². The van der Waals surface area contributed by atoms with Crippen LogP contribution >= 0.6 is 11.3 Å². The molecular weight excluding hydrogens is 320 g/mol. The van der Waals surface area contributed by atoms with Gasteiger partial charge in [0.05, 0.1) is 18.8 Å². The Morgan fingerprint density at radius 3 is 2.67 bits per heavy atom. The number of guanidine groups is 1. The third kappa shape index (κ3) is 4.96. The molecule has 1 aromatic heterocycles. The van der Waals surface area contributed by atoms with Crippen molar-refractivity contribution in [2.45, 2.75) is 27.3 Å². The number of likely N-dealkylation sites (N-methyl/N-ethyl adjacent to an activating group) is 1. The van der Waals surface area contributed by atoms with Gasteiger partial charge in [0.2, 0.25) is 0 Å². The third-order valence-electron chi connectivity index (χ3n) is 3.82. The predicted molar refractivity (Wildman–Crippen MR) is 101 cm³/mol. The lowest BCUT2D eigenvalue weighted by Gasteiger charge is -2.22. The number of thiazole rings is 1. The van der Waals surface area contributed by atoms with Gasteiger partial charge in [-0.15, -0.1) is 11.3 Å². The Morgan fingerprint density at radius 2 is 2.04 bits per heavy atom. The van der Waals surface area contributed by atoms with Crippen molar-refractivity contribution in [3.05, 3.63) is 45.4 Å². The number of aromatic nitrogens is 1. The largest absolute Gasteiger partial charge is 0.491 e. The molecule has 24 heavy (non-hydrogen) atoms. The summed E-state index contributed by atoms with van der Waals surface area (Å²) in [6.07, 6.45) is 0. The van der Waals surface area contributed by atoms with Crippen LogP contribution in [0.5, 0.6) is 5.75 Å². The summed E-state index contributed by atoms with van der Waals surface area (Å²) in [6.45, 7) is 8.24. The van der Waals surface area contributed by atoms with Crippen molar-refractivity contribution in [2.24, 2.45) is 4.99 Å². The number of nitrogens with one attached hydrogen (secondary N) is 1. The lowest BCUT2D eigenvalue weighted by molar-refractivity contribution is 0.280. The summed E-state index contributed by atoms with van der Waals surface area (Å²) >= 11 is 1.72. The Hall–Kier alpha value is -2.08. The summed E-state index contributed by atoms with van der Waals surface area (Å²) in [7, 11) is 3.80. The van der Waals surface area contributed by atoms with Gasteiger partial charge in [0.25, 0.3) is 0 Å². The molecule has 1 aromatic carbocycles. The highest BCUT2D eigenvalue weighted by Crippen LogP contribution is 2.16. The van der Waals surface area contributed by atoms with Crippen LogP contribution in [0.25, 0.3) is 0 Å². The van der Waals surface area contributed by atoms with Gasteiger partial charge in [-0.25, -0.2) is 4.98 Å². The Labute approximate surface area is 148 Å². The van der Waals surface area contributed by atoms with Crippen LogP contribution in [0.2, 0.25) is 0 Å². The fourth-order valence-electron chi connectivity index (χ4n) is 2.27. The van der Waals surface area contributed by atoms with Crippen LogP contribution in [0.3, 0.4) is 0 Å². The van der Waals surface area contributed by atoms with E-state index in [1.165, 1.54) is 4.88 Å².